The van der Waals surface area contributed by atoms with Crippen LogP contribution in [0.15, 0.2) is 24.3 Å². The van der Waals surface area contributed by atoms with E-state index in [1.54, 1.807) is 12.1 Å². The van der Waals surface area contributed by atoms with Crippen LogP contribution in [0.3, 0.4) is 0 Å². The minimum Gasteiger partial charge on any atom is -0.391 e. The molecule has 2 atom stereocenters. The molecular formula is C15H22Cl2N4O3. The van der Waals surface area contributed by atoms with Crippen molar-refractivity contribution >= 4 is 35.9 Å². The number of hydrogen-bond donors (Lipinski definition) is 5. The molecule has 0 saturated carbocycles. The molecule has 1 aromatic carbocycles. The van der Waals surface area contributed by atoms with Crippen molar-refractivity contribution < 1.29 is 14.7 Å². The Morgan fingerprint density at radius 3 is 2.50 bits per heavy atom. The fourth-order valence-electron chi connectivity index (χ4n) is 2.24. The van der Waals surface area contributed by atoms with Crippen molar-refractivity contribution in [1.29, 1.82) is 0 Å². The van der Waals surface area contributed by atoms with Crippen molar-refractivity contribution in [3.05, 3.63) is 34.9 Å². The Morgan fingerprint density at radius 1 is 1.17 bits per heavy atom. The fraction of sp³-hybridized carbons (Fsp3) is 0.467. The zero-order chi connectivity index (χ0) is 16.7. The molecule has 1 saturated heterocycles. The molecule has 1 fully saturated rings. The largest absolute Gasteiger partial charge is 0.391 e. The Kier molecular flexibility index (Phi) is 8.84. The molecule has 1 heterocycles. The number of rotatable bonds is 6. The summed E-state index contributed by atoms with van der Waals surface area (Å²) < 4.78 is 0. The van der Waals surface area contributed by atoms with E-state index in [-0.39, 0.29) is 30.8 Å². The van der Waals surface area contributed by atoms with E-state index < -0.39 is 12.1 Å². The minimum atomic E-state index is -0.439. The van der Waals surface area contributed by atoms with Crippen molar-refractivity contribution in [3.63, 3.8) is 0 Å². The van der Waals surface area contributed by atoms with Crippen LogP contribution in [0.1, 0.15) is 5.56 Å². The topological polar surface area (TPSA) is 102 Å². The molecule has 5 N–H and O–H groups in total. The molecule has 0 aromatic heterocycles. The first kappa shape index (κ1) is 20.5. The number of halogens is 2. The Morgan fingerprint density at radius 2 is 1.88 bits per heavy atom. The SMILES string of the molecule is Cl.O=C(CNC(=O)NCc1ccc(Cl)cc1)NCC1CNCC1O. The third-order valence-electron chi connectivity index (χ3n) is 3.64. The van der Waals surface area contributed by atoms with Gasteiger partial charge in [-0.1, -0.05) is 23.7 Å². The van der Waals surface area contributed by atoms with Crippen LogP contribution in [0, 0.1) is 5.92 Å². The highest BCUT2D eigenvalue weighted by molar-refractivity contribution is 6.30. The summed E-state index contributed by atoms with van der Waals surface area (Å²) in [6.45, 7) is 1.86. The first-order valence-corrected chi connectivity index (χ1v) is 7.84. The van der Waals surface area contributed by atoms with Gasteiger partial charge in [0, 0.05) is 37.1 Å². The van der Waals surface area contributed by atoms with Gasteiger partial charge in [-0.25, -0.2) is 4.79 Å². The van der Waals surface area contributed by atoms with Crippen molar-refractivity contribution in [2.75, 3.05) is 26.2 Å². The molecular weight excluding hydrogens is 355 g/mol. The van der Waals surface area contributed by atoms with Crippen molar-refractivity contribution in [1.82, 2.24) is 21.3 Å². The molecule has 1 aromatic rings. The second kappa shape index (κ2) is 10.4. The lowest BCUT2D eigenvalue weighted by atomic mass is 10.1. The number of carbonyl (C=O) groups is 2. The van der Waals surface area contributed by atoms with Gasteiger partial charge in [0.15, 0.2) is 0 Å². The second-order valence-electron chi connectivity index (χ2n) is 5.45. The lowest BCUT2D eigenvalue weighted by Crippen LogP contribution is -2.43. The standard InChI is InChI=1S/C15H21ClN4O3.ClH/c16-12-3-1-10(2-4-12)5-19-15(23)20-9-14(22)18-7-11-6-17-8-13(11)21;/h1-4,11,13,17,21H,5-9H2,(H,18,22)(H2,19,20,23);1H. The van der Waals surface area contributed by atoms with E-state index in [1.165, 1.54) is 0 Å². The molecule has 2 unspecified atom stereocenters. The van der Waals surface area contributed by atoms with E-state index >= 15 is 0 Å². The Balaban J connectivity index is 0.00000288. The van der Waals surface area contributed by atoms with Crippen molar-refractivity contribution in [2.45, 2.75) is 12.6 Å². The molecule has 1 aliphatic heterocycles. The highest BCUT2D eigenvalue weighted by Gasteiger charge is 2.24. The predicted octanol–water partition coefficient (Wildman–Crippen LogP) is 0.257. The maximum absolute atomic E-state index is 11.7. The van der Waals surface area contributed by atoms with Gasteiger partial charge in [0.05, 0.1) is 12.6 Å². The summed E-state index contributed by atoms with van der Waals surface area (Å²) >= 11 is 5.78. The van der Waals surface area contributed by atoms with Crippen LogP contribution in [0.5, 0.6) is 0 Å². The Labute approximate surface area is 151 Å². The fourth-order valence-corrected chi connectivity index (χ4v) is 2.37. The Bertz CT molecular complexity index is 542. The summed E-state index contributed by atoms with van der Waals surface area (Å²) in [7, 11) is 0. The van der Waals surface area contributed by atoms with Gasteiger partial charge >= 0.3 is 6.03 Å². The van der Waals surface area contributed by atoms with Gasteiger partial charge in [0.25, 0.3) is 0 Å². The highest BCUT2D eigenvalue weighted by Crippen LogP contribution is 2.09. The average Bonchev–Trinajstić information content (AvgIpc) is 2.95. The maximum atomic E-state index is 11.7. The summed E-state index contributed by atoms with van der Waals surface area (Å²) in [5, 5.41) is 21.1. The predicted molar refractivity (Wildman–Crippen MR) is 94.3 cm³/mol. The minimum absolute atomic E-state index is 0. The molecule has 0 bridgehead atoms. The number of amides is 3. The molecule has 2 rings (SSSR count). The van der Waals surface area contributed by atoms with Gasteiger partial charge in [0.1, 0.15) is 0 Å². The summed E-state index contributed by atoms with van der Waals surface area (Å²) in [6.07, 6.45) is -0.439. The number of nitrogens with one attached hydrogen (secondary N) is 4. The molecule has 134 valence electrons. The first-order chi connectivity index (χ1) is 11.0. The molecule has 7 nitrogen and oxygen atoms in total. The van der Waals surface area contributed by atoms with Crippen LogP contribution < -0.4 is 21.3 Å². The van der Waals surface area contributed by atoms with Gasteiger partial charge in [-0.3, -0.25) is 4.79 Å². The van der Waals surface area contributed by atoms with E-state index in [9.17, 15) is 14.7 Å². The molecule has 0 radical (unpaired) electrons. The maximum Gasteiger partial charge on any atom is 0.315 e. The number of hydrogen-bond acceptors (Lipinski definition) is 4. The van der Waals surface area contributed by atoms with Gasteiger partial charge in [-0.15, -0.1) is 12.4 Å². The summed E-state index contributed by atoms with van der Waals surface area (Å²) in [6, 6.07) is 6.71. The van der Waals surface area contributed by atoms with Gasteiger partial charge in [-0.2, -0.15) is 0 Å². The van der Waals surface area contributed by atoms with Crippen LogP contribution in [0.2, 0.25) is 5.02 Å². The van der Waals surface area contributed by atoms with Gasteiger partial charge in [-0.05, 0) is 17.7 Å². The molecule has 3 amide bonds. The molecule has 1 aliphatic rings. The lowest BCUT2D eigenvalue weighted by molar-refractivity contribution is -0.120. The van der Waals surface area contributed by atoms with Gasteiger partial charge < -0.3 is 26.4 Å². The molecule has 0 spiro atoms. The summed E-state index contributed by atoms with van der Waals surface area (Å²) in [5.41, 5.74) is 0.914. The molecule has 9 heteroatoms. The second-order valence-corrected chi connectivity index (χ2v) is 5.89. The summed E-state index contributed by atoms with van der Waals surface area (Å²) in [5.74, 6) is -0.275. The molecule has 24 heavy (non-hydrogen) atoms. The third kappa shape index (κ3) is 6.92. The van der Waals surface area contributed by atoms with Gasteiger partial charge in [0.2, 0.25) is 5.91 Å². The Hall–Kier alpha value is -1.54. The zero-order valence-corrected chi connectivity index (χ0v) is 14.6. The molecule has 0 aliphatic carbocycles. The lowest BCUT2D eigenvalue weighted by Gasteiger charge is -2.14. The monoisotopic (exact) mass is 376 g/mol. The smallest absolute Gasteiger partial charge is 0.315 e. The van der Waals surface area contributed by atoms with E-state index in [1.807, 2.05) is 12.1 Å². The van der Waals surface area contributed by atoms with E-state index in [0.717, 1.165) is 5.56 Å². The van der Waals surface area contributed by atoms with Crippen LogP contribution in [-0.4, -0.2) is 49.3 Å². The number of β-amino-alcohol motifs (C(OH)–C–C–N with tert-alkyl or cyclic N) is 1. The number of carbonyl (C=O) groups excluding carboxylic acids is 2. The van der Waals surface area contributed by atoms with Crippen LogP contribution in [0.25, 0.3) is 0 Å². The number of urea groups is 1. The van der Waals surface area contributed by atoms with Crippen LogP contribution >= 0.6 is 24.0 Å². The zero-order valence-electron chi connectivity index (χ0n) is 13.0. The first-order valence-electron chi connectivity index (χ1n) is 7.46. The third-order valence-corrected chi connectivity index (χ3v) is 3.89. The van der Waals surface area contributed by atoms with E-state index in [4.69, 9.17) is 11.6 Å². The summed E-state index contributed by atoms with van der Waals surface area (Å²) in [4.78, 5) is 23.3. The van der Waals surface area contributed by atoms with Crippen molar-refractivity contribution in [2.24, 2.45) is 5.92 Å². The number of aliphatic hydroxyl groups excluding tert-OH is 1. The quantitative estimate of drug-likeness (QED) is 0.491. The highest BCUT2D eigenvalue weighted by atomic mass is 35.5. The van der Waals surface area contributed by atoms with Crippen molar-refractivity contribution in [3.8, 4) is 0 Å². The van der Waals surface area contributed by atoms with Crippen LogP contribution in [0.4, 0.5) is 4.79 Å². The number of benzene rings is 1. The van der Waals surface area contributed by atoms with E-state index in [2.05, 4.69) is 21.3 Å². The number of aliphatic hydroxyl groups is 1. The average molecular weight is 377 g/mol. The normalized spacial score (nSPS) is 19.2. The van der Waals surface area contributed by atoms with Crippen LogP contribution in [-0.2, 0) is 11.3 Å². The van der Waals surface area contributed by atoms with E-state index in [0.29, 0.717) is 31.2 Å².